The lowest BCUT2D eigenvalue weighted by Crippen LogP contribution is -2.29. The van der Waals surface area contributed by atoms with Crippen molar-refractivity contribution in [2.24, 2.45) is 0 Å². The lowest BCUT2D eigenvalue weighted by Gasteiger charge is -2.14. The van der Waals surface area contributed by atoms with Gasteiger partial charge in [-0.1, -0.05) is 15.9 Å². The van der Waals surface area contributed by atoms with E-state index in [0.717, 1.165) is 13.8 Å². The van der Waals surface area contributed by atoms with Crippen molar-refractivity contribution in [2.45, 2.75) is 0 Å². The van der Waals surface area contributed by atoms with Gasteiger partial charge in [0.15, 0.2) is 0 Å². The van der Waals surface area contributed by atoms with Crippen LogP contribution in [-0.2, 0) is 0 Å². The quantitative estimate of drug-likeness (QED) is 0.592. The lowest BCUT2D eigenvalue weighted by atomic mass is 10.1. The molecular weight excluding hydrogens is 388 g/mol. The van der Waals surface area contributed by atoms with Crippen molar-refractivity contribution in [3.05, 3.63) is 56.5 Å². The maximum Gasteiger partial charge on any atom is 0.266 e. The Morgan fingerprint density at radius 3 is 2.30 bits per heavy atom. The Bertz CT molecular complexity index is 759. The maximum atomic E-state index is 12.4. The Kier molecular flexibility index (Phi) is 3.14. The molecule has 0 saturated heterocycles. The third-order valence-corrected chi connectivity index (χ3v) is 4.30. The number of hydrogen-bond donors (Lipinski definition) is 1. The highest BCUT2D eigenvalue weighted by Gasteiger charge is 2.36. The molecule has 0 spiro atoms. The van der Waals surface area contributed by atoms with E-state index in [0.29, 0.717) is 22.5 Å². The summed E-state index contributed by atoms with van der Waals surface area (Å²) in [5, 5.41) is 0. The number of carbonyl (C=O) groups excluding carboxylic acids is 2. The number of carbonyl (C=O) groups is 2. The normalized spacial score (nSPS) is 13.8. The standard InChI is InChI=1S/C14H8Br2N2O2/c15-7-1-3-9-10(5-7)14(20)18(13(9)19)8-2-4-11(16)12(17)6-8/h1-6H,17H2. The number of amides is 2. The molecule has 1 aliphatic rings. The molecule has 0 aliphatic carbocycles. The highest BCUT2D eigenvalue weighted by atomic mass is 79.9. The van der Waals surface area contributed by atoms with Crippen molar-refractivity contribution in [3.8, 4) is 0 Å². The van der Waals surface area contributed by atoms with Crippen LogP contribution in [0.3, 0.4) is 0 Å². The number of nitrogens with zero attached hydrogens (tertiary/aromatic N) is 1. The molecule has 0 saturated carbocycles. The highest BCUT2D eigenvalue weighted by Crippen LogP contribution is 2.32. The van der Waals surface area contributed by atoms with Gasteiger partial charge in [0, 0.05) is 14.6 Å². The van der Waals surface area contributed by atoms with Gasteiger partial charge >= 0.3 is 0 Å². The number of nitrogen functional groups attached to an aromatic ring is 1. The summed E-state index contributed by atoms with van der Waals surface area (Å²) >= 11 is 6.59. The zero-order valence-electron chi connectivity index (χ0n) is 10.1. The van der Waals surface area contributed by atoms with Crippen molar-refractivity contribution in [1.29, 1.82) is 0 Å². The van der Waals surface area contributed by atoms with E-state index < -0.39 is 0 Å². The van der Waals surface area contributed by atoms with Crippen LogP contribution in [0.25, 0.3) is 0 Å². The van der Waals surface area contributed by atoms with Crippen molar-refractivity contribution >= 4 is 55.0 Å². The van der Waals surface area contributed by atoms with Crippen LogP contribution in [0, 0.1) is 0 Å². The van der Waals surface area contributed by atoms with Crippen LogP contribution < -0.4 is 10.6 Å². The Labute approximate surface area is 131 Å². The second-order valence-corrected chi connectivity index (χ2v) is 6.11. The molecule has 20 heavy (non-hydrogen) atoms. The molecule has 0 fully saturated rings. The fourth-order valence-electron chi connectivity index (χ4n) is 2.12. The van der Waals surface area contributed by atoms with E-state index in [-0.39, 0.29) is 11.8 Å². The summed E-state index contributed by atoms with van der Waals surface area (Å²) in [6, 6.07) is 10.0. The lowest BCUT2D eigenvalue weighted by molar-refractivity contribution is 0.0926. The van der Waals surface area contributed by atoms with Crippen molar-refractivity contribution < 1.29 is 9.59 Å². The third kappa shape index (κ3) is 1.96. The monoisotopic (exact) mass is 394 g/mol. The maximum absolute atomic E-state index is 12.4. The van der Waals surface area contributed by atoms with Gasteiger partial charge in [-0.25, -0.2) is 4.90 Å². The first kappa shape index (κ1) is 13.3. The van der Waals surface area contributed by atoms with E-state index in [2.05, 4.69) is 31.9 Å². The molecule has 0 bridgehead atoms. The third-order valence-electron chi connectivity index (χ3n) is 3.09. The van der Waals surface area contributed by atoms with Gasteiger partial charge in [-0.05, 0) is 52.3 Å². The summed E-state index contributed by atoms with van der Waals surface area (Å²) in [7, 11) is 0. The van der Waals surface area contributed by atoms with Crippen molar-refractivity contribution in [1.82, 2.24) is 0 Å². The molecule has 2 N–H and O–H groups in total. The molecule has 1 heterocycles. The molecule has 2 aromatic carbocycles. The molecule has 2 amide bonds. The van der Waals surface area contributed by atoms with Gasteiger partial charge in [0.2, 0.25) is 0 Å². The Morgan fingerprint density at radius 2 is 1.60 bits per heavy atom. The van der Waals surface area contributed by atoms with Gasteiger partial charge in [-0.15, -0.1) is 0 Å². The predicted molar refractivity (Wildman–Crippen MR) is 83.8 cm³/mol. The van der Waals surface area contributed by atoms with Crippen molar-refractivity contribution in [3.63, 3.8) is 0 Å². The summed E-state index contributed by atoms with van der Waals surface area (Å²) in [5.74, 6) is -0.674. The van der Waals surface area contributed by atoms with Crippen LogP contribution in [-0.4, -0.2) is 11.8 Å². The largest absolute Gasteiger partial charge is 0.398 e. The van der Waals surface area contributed by atoms with E-state index in [1.54, 1.807) is 36.4 Å². The Hall–Kier alpha value is -1.66. The number of imide groups is 1. The summed E-state index contributed by atoms with van der Waals surface area (Å²) in [6.07, 6.45) is 0. The number of hydrogen-bond acceptors (Lipinski definition) is 3. The van der Waals surface area contributed by atoms with Crippen LogP contribution in [0.15, 0.2) is 45.3 Å². The molecule has 3 rings (SSSR count). The second kappa shape index (κ2) is 4.71. The minimum absolute atomic E-state index is 0.334. The number of halogens is 2. The molecule has 6 heteroatoms. The average molecular weight is 396 g/mol. The average Bonchev–Trinajstić information content (AvgIpc) is 2.65. The van der Waals surface area contributed by atoms with Crippen molar-refractivity contribution in [2.75, 3.05) is 10.6 Å². The first-order valence-electron chi connectivity index (χ1n) is 5.72. The first-order chi connectivity index (χ1) is 9.49. The summed E-state index contributed by atoms with van der Waals surface area (Å²) < 4.78 is 1.48. The van der Waals surface area contributed by atoms with Gasteiger partial charge in [-0.2, -0.15) is 0 Å². The first-order valence-corrected chi connectivity index (χ1v) is 7.31. The summed E-state index contributed by atoms with van der Waals surface area (Å²) in [4.78, 5) is 25.9. The minimum Gasteiger partial charge on any atom is -0.398 e. The van der Waals surface area contributed by atoms with Gasteiger partial charge in [0.05, 0.1) is 16.8 Å². The van der Waals surface area contributed by atoms with Crippen LogP contribution in [0.2, 0.25) is 0 Å². The fraction of sp³-hybridized carbons (Fsp3) is 0. The second-order valence-electron chi connectivity index (χ2n) is 4.34. The molecule has 0 atom stereocenters. The Morgan fingerprint density at radius 1 is 0.900 bits per heavy atom. The Balaban J connectivity index is 2.11. The molecule has 4 nitrogen and oxygen atoms in total. The number of fused-ring (bicyclic) bond motifs is 1. The smallest absolute Gasteiger partial charge is 0.266 e. The zero-order valence-corrected chi connectivity index (χ0v) is 13.2. The minimum atomic E-state index is -0.340. The highest BCUT2D eigenvalue weighted by molar-refractivity contribution is 9.10. The SMILES string of the molecule is Nc1cc(N2C(=O)c3ccc(Br)cc3C2=O)ccc1Br. The van der Waals surface area contributed by atoms with Crippen LogP contribution >= 0.6 is 31.9 Å². The van der Waals surface area contributed by atoms with Gasteiger partial charge in [0.25, 0.3) is 11.8 Å². The van der Waals surface area contributed by atoms with E-state index in [1.165, 1.54) is 0 Å². The number of anilines is 2. The molecule has 0 radical (unpaired) electrons. The van der Waals surface area contributed by atoms with E-state index in [1.807, 2.05) is 0 Å². The van der Waals surface area contributed by atoms with Crippen LogP contribution in [0.1, 0.15) is 20.7 Å². The number of benzene rings is 2. The van der Waals surface area contributed by atoms with E-state index >= 15 is 0 Å². The fourth-order valence-corrected chi connectivity index (χ4v) is 2.73. The molecule has 2 aromatic rings. The van der Waals surface area contributed by atoms with Gasteiger partial charge < -0.3 is 5.73 Å². The van der Waals surface area contributed by atoms with Gasteiger partial charge in [0.1, 0.15) is 0 Å². The molecule has 100 valence electrons. The summed E-state index contributed by atoms with van der Waals surface area (Å²) in [5.41, 5.74) is 7.54. The number of rotatable bonds is 1. The zero-order chi connectivity index (χ0) is 14.4. The van der Waals surface area contributed by atoms with E-state index in [4.69, 9.17) is 5.73 Å². The number of nitrogens with two attached hydrogens (primary N) is 1. The molecule has 0 unspecified atom stereocenters. The molecule has 0 aromatic heterocycles. The predicted octanol–water partition coefficient (Wildman–Crippen LogP) is 3.59. The molecular formula is C14H8Br2N2O2. The van der Waals surface area contributed by atoms with Gasteiger partial charge in [-0.3, -0.25) is 9.59 Å². The molecule has 1 aliphatic heterocycles. The summed E-state index contributed by atoms with van der Waals surface area (Å²) in [6.45, 7) is 0. The van der Waals surface area contributed by atoms with Crippen LogP contribution in [0.4, 0.5) is 11.4 Å². The van der Waals surface area contributed by atoms with Crippen LogP contribution in [0.5, 0.6) is 0 Å². The topological polar surface area (TPSA) is 63.4 Å². The van der Waals surface area contributed by atoms with E-state index in [9.17, 15) is 9.59 Å².